The summed E-state index contributed by atoms with van der Waals surface area (Å²) in [6.45, 7) is 6.79. The molecule has 2 aromatic heterocycles. The molecule has 2 rings (SSSR count). The molecule has 18 heteroatoms. The van der Waals surface area contributed by atoms with Crippen LogP contribution in [0.4, 0.5) is 43.7 Å². The molecule has 0 aliphatic heterocycles. The molecular formula is C20H23ClF6N6O5. The lowest BCUT2D eigenvalue weighted by molar-refractivity contribution is -0.193. The highest BCUT2D eigenvalue weighted by atomic mass is 35.5. The van der Waals surface area contributed by atoms with E-state index in [1.165, 1.54) is 0 Å². The number of carboxylic acids is 2. The number of anilines is 3. The fourth-order valence-corrected chi connectivity index (χ4v) is 2.55. The molecule has 0 aliphatic carbocycles. The van der Waals surface area contributed by atoms with Gasteiger partial charge < -0.3 is 26.2 Å². The Morgan fingerprint density at radius 2 is 1.53 bits per heavy atom. The molecule has 0 fully saturated rings. The first kappa shape index (κ1) is 34.1. The number of carbonyl (C=O) groups is 3. The number of hydrogen-bond donors (Lipinski definition) is 4. The van der Waals surface area contributed by atoms with Gasteiger partial charge in [0.05, 0.1) is 11.9 Å². The third kappa shape index (κ3) is 12.4. The van der Waals surface area contributed by atoms with Crippen LogP contribution in [-0.2, 0) is 9.59 Å². The molecule has 2 aromatic rings. The molecule has 0 unspecified atom stereocenters. The van der Waals surface area contributed by atoms with Crippen molar-refractivity contribution in [3.05, 3.63) is 34.9 Å². The SMILES string of the molecule is Cc1cncc(NC(=O)c2nc(Cl)c(N(C)CC(C)C)nc2N)c1.O=C(O)C(F)(F)F.O=C(O)C(F)(F)F. The first-order chi connectivity index (χ1) is 17.2. The van der Waals surface area contributed by atoms with Gasteiger partial charge in [0.2, 0.25) is 0 Å². The minimum atomic E-state index is -5.08. The second kappa shape index (κ2) is 14.2. The van der Waals surface area contributed by atoms with Gasteiger partial charge in [-0.25, -0.2) is 19.6 Å². The highest BCUT2D eigenvalue weighted by Crippen LogP contribution is 2.24. The van der Waals surface area contributed by atoms with Crippen molar-refractivity contribution in [2.45, 2.75) is 33.1 Å². The van der Waals surface area contributed by atoms with Crippen molar-refractivity contribution in [1.82, 2.24) is 15.0 Å². The summed E-state index contributed by atoms with van der Waals surface area (Å²) in [6, 6.07) is 1.79. The zero-order valence-electron chi connectivity index (χ0n) is 20.1. The molecule has 1 amide bonds. The third-order valence-corrected chi connectivity index (χ3v) is 3.95. The van der Waals surface area contributed by atoms with E-state index in [1.807, 2.05) is 18.9 Å². The van der Waals surface area contributed by atoms with Gasteiger partial charge in [0.25, 0.3) is 5.91 Å². The number of aryl methyl sites for hydroxylation is 1. The monoisotopic (exact) mass is 576 g/mol. The number of nitrogens with one attached hydrogen (secondary N) is 1. The van der Waals surface area contributed by atoms with E-state index in [2.05, 4.69) is 34.1 Å². The lowest BCUT2D eigenvalue weighted by atomic mass is 10.2. The minimum absolute atomic E-state index is 0.0109. The molecule has 11 nitrogen and oxygen atoms in total. The number of rotatable bonds is 5. The van der Waals surface area contributed by atoms with Gasteiger partial charge in [-0.05, 0) is 24.5 Å². The van der Waals surface area contributed by atoms with Gasteiger partial charge in [0.1, 0.15) is 0 Å². The van der Waals surface area contributed by atoms with E-state index in [0.717, 1.165) is 12.1 Å². The fourth-order valence-electron chi connectivity index (χ4n) is 2.28. The number of carboxylic acid groups (broad SMARTS) is 2. The van der Waals surface area contributed by atoms with E-state index in [9.17, 15) is 31.1 Å². The second-order valence-electron chi connectivity index (χ2n) is 7.66. The maximum Gasteiger partial charge on any atom is 0.490 e. The normalized spacial score (nSPS) is 10.9. The van der Waals surface area contributed by atoms with Gasteiger partial charge in [0.15, 0.2) is 22.5 Å². The second-order valence-corrected chi connectivity index (χ2v) is 8.02. The number of aromatic nitrogens is 3. The van der Waals surface area contributed by atoms with Gasteiger partial charge >= 0.3 is 24.3 Å². The molecule has 2 heterocycles. The minimum Gasteiger partial charge on any atom is -0.475 e. The van der Waals surface area contributed by atoms with Gasteiger partial charge in [-0.1, -0.05) is 25.4 Å². The Hall–Kier alpha value is -3.89. The summed E-state index contributed by atoms with van der Waals surface area (Å²) in [6.07, 6.45) is -6.93. The van der Waals surface area contributed by atoms with Crippen molar-refractivity contribution in [3.63, 3.8) is 0 Å². The Bertz CT molecular complexity index is 1110. The maximum absolute atomic E-state index is 12.4. The van der Waals surface area contributed by atoms with Crippen molar-refractivity contribution in [2.24, 2.45) is 5.92 Å². The number of carbonyl (C=O) groups excluding carboxylic acids is 1. The van der Waals surface area contributed by atoms with Crippen molar-refractivity contribution >= 4 is 46.8 Å². The number of pyridine rings is 1. The number of alkyl halides is 6. The number of nitrogens with zero attached hydrogens (tertiary/aromatic N) is 4. The van der Waals surface area contributed by atoms with Crippen LogP contribution in [0.25, 0.3) is 0 Å². The Morgan fingerprint density at radius 1 is 1.05 bits per heavy atom. The molecule has 0 spiro atoms. The standard InChI is InChI=1S/C16H21ClN6O.2C2HF3O2/c1-9(2)8-23(4)15-13(17)21-12(14(18)22-15)16(24)20-11-5-10(3)6-19-7-11;2*3-2(4,5)1(6)7/h5-7,9H,8H2,1-4H3,(H2,18,22)(H,20,24);2*(H,6,7). The van der Waals surface area contributed by atoms with E-state index in [-0.39, 0.29) is 16.7 Å². The summed E-state index contributed by atoms with van der Waals surface area (Å²) >= 11 is 6.19. The molecular weight excluding hydrogens is 554 g/mol. The largest absolute Gasteiger partial charge is 0.490 e. The summed E-state index contributed by atoms with van der Waals surface area (Å²) in [5.74, 6) is -5.09. The van der Waals surface area contributed by atoms with E-state index < -0.39 is 30.2 Å². The Labute approximate surface area is 216 Å². The molecule has 0 atom stereocenters. The van der Waals surface area contributed by atoms with Crippen LogP contribution in [0.15, 0.2) is 18.5 Å². The van der Waals surface area contributed by atoms with Crippen LogP contribution in [0.3, 0.4) is 0 Å². The van der Waals surface area contributed by atoms with Crippen LogP contribution >= 0.6 is 11.6 Å². The zero-order valence-corrected chi connectivity index (χ0v) is 20.9. The van der Waals surface area contributed by atoms with Crippen LogP contribution in [0.2, 0.25) is 5.15 Å². The molecule has 0 saturated heterocycles. The van der Waals surface area contributed by atoms with Crippen LogP contribution in [-0.4, -0.2) is 69.0 Å². The zero-order chi connectivity index (χ0) is 30.0. The predicted molar refractivity (Wildman–Crippen MR) is 124 cm³/mol. The van der Waals surface area contributed by atoms with Gasteiger partial charge in [0, 0.05) is 19.8 Å². The number of aliphatic carboxylic acids is 2. The summed E-state index contributed by atoms with van der Waals surface area (Å²) in [5.41, 5.74) is 7.38. The smallest absolute Gasteiger partial charge is 0.475 e. The molecule has 0 saturated carbocycles. The Balaban J connectivity index is 0.000000804. The van der Waals surface area contributed by atoms with E-state index in [4.69, 9.17) is 37.1 Å². The summed E-state index contributed by atoms with van der Waals surface area (Å²) in [4.78, 5) is 44.4. The van der Waals surface area contributed by atoms with Gasteiger partial charge in [-0.3, -0.25) is 9.78 Å². The molecule has 0 radical (unpaired) electrons. The topological polar surface area (TPSA) is 172 Å². The van der Waals surface area contributed by atoms with Crippen molar-refractivity contribution in [2.75, 3.05) is 29.5 Å². The molecule has 212 valence electrons. The molecule has 0 aromatic carbocycles. The Kier molecular flexibility index (Phi) is 12.7. The molecule has 5 N–H and O–H groups in total. The molecule has 0 aliphatic rings. The van der Waals surface area contributed by atoms with Crippen LogP contribution in [0.1, 0.15) is 29.9 Å². The number of amides is 1. The lowest BCUT2D eigenvalue weighted by Crippen LogP contribution is -2.26. The van der Waals surface area contributed by atoms with Crippen LogP contribution in [0.5, 0.6) is 0 Å². The quantitative estimate of drug-likeness (QED) is 0.381. The first-order valence-corrected chi connectivity index (χ1v) is 10.4. The average molecular weight is 577 g/mol. The highest BCUT2D eigenvalue weighted by Gasteiger charge is 2.38. The number of halogens is 7. The van der Waals surface area contributed by atoms with E-state index in [1.54, 1.807) is 18.5 Å². The van der Waals surface area contributed by atoms with Crippen molar-refractivity contribution < 1.29 is 50.9 Å². The summed E-state index contributed by atoms with van der Waals surface area (Å²) < 4.78 is 63.5. The fraction of sp³-hybridized carbons (Fsp3) is 0.400. The maximum atomic E-state index is 12.4. The Morgan fingerprint density at radius 3 is 1.92 bits per heavy atom. The summed E-state index contributed by atoms with van der Waals surface area (Å²) in [7, 11) is 1.85. The number of nitrogens with two attached hydrogens (primary N) is 1. The van der Waals surface area contributed by atoms with Crippen molar-refractivity contribution in [3.8, 4) is 0 Å². The van der Waals surface area contributed by atoms with Gasteiger partial charge in [-0.2, -0.15) is 26.3 Å². The van der Waals surface area contributed by atoms with Crippen LogP contribution < -0.4 is 16.0 Å². The highest BCUT2D eigenvalue weighted by molar-refractivity contribution is 6.32. The van der Waals surface area contributed by atoms with E-state index in [0.29, 0.717) is 17.4 Å². The van der Waals surface area contributed by atoms with Gasteiger partial charge in [-0.15, -0.1) is 0 Å². The lowest BCUT2D eigenvalue weighted by Gasteiger charge is -2.21. The predicted octanol–water partition coefficient (Wildman–Crippen LogP) is 4.03. The van der Waals surface area contributed by atoms with Crippen molar-refractivity contribution in [1.29, 1.82) is 0 Å². The average Bonchev–Trinajstić information content (AvgIpc) is 2.74. The number of hydrogen-bond acceptors (Lipinski definition) is 8. The molecule has 38 heavy (non-hydrogen) atoms. The summed E-state index contributed by atoms with van der Waals surface area (Å²) in [5, 5.41) is 17.1. The van der Waals surface area contributed by atoms with Crippen LogP contribution in [0, 0.1) is 12.8 Å². The third-order valence-electron chi connectivity index (χ3n) is 3.70. The number of nitrogen functional groups attached to an aromatic ring is 1. The molecule has 0 bridgehead atoms. The van der Waals surface area contributed by atoms with E-state index >= 15 is 0 Å². The first-order valence-electron chi connectivity index (χ1n) is 10.0.